The predicted octanol–water partition coefficient (Wildman–Crippen LogP) is 4.58. The van der Waals surface area contributed by atoms with E-state index in [1.165, 1.54) is 0 Å². The van der Waals surface area contributed by atoms with Gasteiger partial charge in [0.15, 0.2) is 0 Å². The van der Waals surface area contributed by atoms with Crippen LogP contribution >= 0.6 is 27.5 Å². The quantitative estimate of drug-likeness (QED) is 0.729. The third-order valence-corrected chi connectivity index (χ3v) is 4.33. The van der Waals surface area contributed by atoms with Crippen LogP contribution in [0, 0.1) is 0 Å². The number of ether oxygens (including phenoxy) is 2. The number of carbonyl (C=O) groups is 1. The van der Waals surface area contributed by atoms with Crippen LogP contribution in [0.15, 0.2) is 53.0 Å². The summed E-state index contributed by atoms with van der Waals surface area (Å²) in [6, 6.07) is 15.2. The second kappa shape index (κ2) is 6.55. The molecule has 0 aromatic heterocycles. The number of hydrogen-bond acceptors (Lipinski definition) is 3. The maximum atomic E-state index is 11.5. The van der Waals surface area contributed by atoms with E-state index in [4.69, 9.17) is 21.1 Å². The van der Waals surface area contributed by atoms with Crippen LogP contribution in [0.3, 0.4) is 0 Å². The van der Waals surface area contributed by atoms with E-state index in [9.17, 15) is 4.79 Å². The van der Waals surface area contributed by atoms with E-state index in [0.29, 0.717) is 21.9 Å². The van der Waals surface area contributed by atoms with Gasteiger partial charge in [-0.1, -0.05) is 41.9 Å². The molecule has 1 aliphatic rings. The molecule has 1 aliphatic heterocycles. The topological polar surface area (TPSA) is 35.5 Å². The first-order valence-corrected chi connectivity index (χ1v) is 7.84. The Bertz CT molecular complexity index is 741. The van der Waals surface area contributed by atoms with Crippen LogP contribution in [-0.4, -0.2) is 12.6 Å². The van der Waals surface area contributed by atoms with Gasteiger partial charge in [-0.3, -0.25) is 0 Å². The summed E-state index contributed by atoms with van der Waals surface area (Å²) in [6.45, 7) is 0.649. The van der Waals surface area contributed by atoms with Crippen molar-refractivity contribution in [2.24, 2.45) is 0 Å². The summed E-state index contributed by atoms with van der Waals surface area (Å²) in [6.07, 6.45) is 0. The van der Waals surface area contributed by atoms with Crippen molar-refractivity contribution in [3.05, 3.63) is 69.2 Å². The van der Waals surface area contributed by atoms with Crippen LogP contribution in [0.5, 0.6) is 5.75 Å². The van der Waals surface area contributed by atoms with Gasteiger partial charge in [-0.15, -0.1) is 0 Å². The summed E-state index contributed by atoms with van der Waals surface area (Å²) in [5, 5.41) is 0.578. The van der Waals surface area contributed by atoms with Gasteiger partial charge >= 0.3 is 5.97 Å². The number of halogens is 2. The first-order valence-electron chi connectivity index (χ1n) is 6.67. The van der Waals surface area contributed by atoms with E-state index in [0.717, 1.165) is 16.7 Å². The smallest absolute Gasteiger partial charge is 0.346 e. The average Bonchev–Trinajstić information content (AvgIpc) is 2.87. The fraction of sp³-hybridized carbons (Fsp3) is 0.118. The van der Waals surface area contributed by atoms with Crippen molar-refractivity contribution >= 4 is 39.1 Å². The standard InChI is InChI=1S/C17H12BrClO3/c18-16-14(10-22-17(16)20)13-8-12(19)6-7-15(13)21-9-11-4-2-1-3-5-11/h1-8H,9-10H2. The lowest BCUT2D eigenvalue weighted by atomic mass is 10.1. The van der Waals surface area contributed by atoms with Gasteiger partial charge in [0.2, 0.25) is 0 Å². The summed E-state index contributed by atoms with van der Waals surface area (Å²) in [7, 11) is 0. The fourth-order valence-electron chi connectivity index (χ4n) is 2.18. The molecule has 22 heavy (non-hydrogen) atoms. The molecule has 0 radical (unpaired) electrons. The Morgan fingerprint density at radius 3 is 2.64 bits per heavy atom. The summed E-state index contributed by atoms with van der Waals surface area (Å²) >= 11 is 9.35. The maximum Gasteiger partial charge on any atom is 0.346 e. The second-order valence-electron chi connectivity index (χ2n) is 4.78. The molecular weight excluding hydrogens is 368 g/mol. The lowest BCUT2D eigenvalue weighted by Gasteiger charge is -2.12. The maximum absolute atomic E-state index is 11.5. The van der Waals surface area contributed by atoms with Gasteiger partial charge < -0.3 is 9.47 Å². The van der Waals surface area contributed by atoms with Crippen molar-refractivity contribution in [2.75, 3.05) is 6.61 Å². The Hall–Kier alpha value is -1.78. The molecule has 0 bridgehead atoms. The fourth-order valence-corrected chi connectivity index (χ4v) is 2.80. The van der Waals surface area contributed by atoms with Crippen LogP contribution in [0.1, 0.15) is 11.1 Å². The highest BCUT2D eigenvalue weighted by Crippen LogP contribution is 2.36. The zero-order valence-electron chi connectivity index (χ0n) is 11.5. The number of benzene rings is 2. The minimum absolute atomic E-state index is 0.210. The third-order valence-electron chi connectivity index (χ3n) is 3.30. The van der Waals surface area contributed by atoms with Gasteiger partial charge in [-0.2, -0.15) is 0 Å². The Morgan fingerprint density at radius 2 is 1.95 bits per heavy atom. The molecule has 0 N–H and O–H groups in total. The van der Waals surface area contributed by atoms with Crippen molar-refractivity contribution in [2.45, 2.75) is 6.61 Å². The first kappa shape index (κ1) is 15.1. The zero-order valence-corrected chi connectivity index (χ0v) is 13.9. The summed E-state index contributed by atoms with van der Waals surface area (Å²) < 4.78 is 11.3. The van der Waals surface area contributed by atoms with E-state index in [1.54, 1.807) is 18.2 Å². The molecule has 2 aromatic rings. The van der Waals surface area contributed by atoms with E-state index >= 15 is 0 Å². The number of carbonyl (C=O) groups excluding carboxylic acids is 1. The van der Waals surface area contributed by atoms with Crippen molar-refractivity contribution < 1.29 is 14.3 Å². The number of cyclic esters (lactones) is 1. The molecule has 0 saturated carbocycles. The number of rotatable bonds is 4. The lowest BCUT2D eigenvalue weighted by Crippen LogP contribution is -1.99. The van der Waals surface area contributed by atoms with Crippen LogP contribution in [0.4, 0.5) is 0 Å². The van der Waals surface area contributed by atoms with Crippen LogP contribution in [-0.2, 0) is 16.1 Å². The largest absolute Gasteiger partial charge is 0.488 e. The van der Waals surface area contributed by atoms with E-state index in [-0.39, 0.29) is 12.6 Å². The Balaban J connectivity index is 1.90. The second-order valence-corrected chi connectivity index (χ2v) is 6.01. The Morgan fingerprint density at radius 1 is 1.18 bits per heavy atom. The van der Waals surface area contributed by atoms with Crippen molar-refractivity contribution in [3.8, 4) is 5.75 Å². The minimum atomic E-state index is -0.371. The Kier molecular flexibility index (Phi) is 4.50. The molecule has 0 amide bonds. The number of esters is 1. The van der Waals surface area contributed by atoms with Crippen molar-refractivity contribution in [1.29, 1.82) is 0 Å². The molecule has 0 fully saturated rings. The van der Waals surface area contributed by atoms with Gasteiger partial charge in [0.1, 0.15) is 23.4 Å². The van der Waals surface area contributed by atoms with Crippen molar-refractivity contribution in [3.63, 3.8) is 0 Å². The molecule has 0 saturated heterocycles. The molecule has 0 atom stereocenters. The molecule has 1 heterocycles. The molecular formula is C17H12BrClO3. The SMILES string of the molecule is O=C1OCC(c2cc(Cl)ccc2OCc2ccccc2)=C1Br. The van der Waals surface area contributed by atoms with E-state index in [2.05, 4.69) is 15.9 Å². The highest BCUT2D eigenvalue weighted by atomic mass is 79.9. The van der Waals surface area contributed by atoms with Gasteiger partial charge in [0.05, 0.1) is 0 Å². The summed E-state index contributed by atoms with van der Waals surface area (Å²) in [5.41, 5.74) is 2.58. The van der Waals surface area contributed by atoms with E-state index < -0.39 is 0 Å². The molecule has 3 rings (SSSR count). The molecule has 112 valence electrons. The summed E-state index contributed by atoms with van der Waals surface area (Å²) in [4.78, 5) is 11.5. The van der Waals surface area contributed by atoms with Gasteiger partial charge in [0, 0.05) is 16.2 Å². The first-order chi connectivity index (χ1) is 10.6. The molecule has 3 nitrogen and oxygen atoms in total. The van der Waals surface area contributed by atoms with Gasteiger partial charge in [-0.25, -0.2) is 4.79 Å². The zero-order chi connectivity index (χ0) is 15.5. The molecule has 2 aromatic carbocycles. The van der Waals surface area contributed by atoms with Crippen LogP contribution in [0.25, 0.3) is 5.57 Å². The third kappa shape index (κ3) is 3.18. The van der Waals surface area contributed by atoms with Crippen LogP contribution in [0.2, 0.25) is 5.02 Å². The van der Waals surface area contributed by atoms with Gasteiger partial charge in [0.25, 0.3) is 0 Å². The highest BCUT2D eigenvalue weighted by molar-refractivity contribution is 9.12. The van der Waals surface area contributed by atoms with Crippen molar-refractivity contribution in [1.82, 2.24) is 0 Å². The normalized spacial score (nSPS) is 14.2. The molecule has 0 unspecified atom stereocenters. The van der Waals surface area contributed by atoms with Crippen LogP contribution < -0.4 is 4.74 Å². The monoisotopic (exact) mass is 378 g/mol. The molecule has 5 heteroatoms. The predicted molar refractivity (Wildman–Crippen MR) is 89.0 cm³/mol. The minimum Gasteiger partial charge on any atom is -0.488 e. The number of hydrogen-bond donors (Lipinski definition) is 0. The summed E-state index contributed by atoms with van der Waals surface area (Å²) in [5.74, 6) is 0.294. The molecule has 0 aliphatic carbocycles. The average molecular weight is 380 g/mol. The Labute approximate surface area is 141 Å². The molecule has 0 spiro atoms. The highest BCUT2D eigenvalue weighted by Gasteiger charge is 2.26. The lowest BCUT2D eigenvalue weighted by molar-refractivity contribution is -0.135. The van der Waals surface area contributed by atoms with Gasteiger partial charge in [-0.05, 0) is 39.7 Å². The van der Waals surface area contributed by atoms with E-state index in [1.807, 2.05) is 30.3 Å².